The minimum atomic E-state index is -1.60. The number of hydrogen-bond acceptors (Lipinski definition) is 11. The Bertz CT molecular complexity index is 1070. The van der Waals surface area contributed by atoms with Gasteiger partial charge in [-0.1, -0.05) is 19.9 Å². The van der Waals surface area contributed by atoms with Crippen LogP contribution >= 0.6 is 0 Å². The van der Waals surface area contributed by atoms with Crippen LogP contribution in [0.25, 0.3) is 0 Å². The van der Waals surface area contributed by atoms with Crippen LogP contribution in [-0.2, 0) is 28.5 Å². The van der Waals surface area contributed by atoms with Gasteiger partial charge in [0.25, 0.3) is 0 Å². The third kappa shape index (κ3) is 4.11. The maximum absolute atomic E-state index is 13.2. The zero-order valence-corrected chi connectivity index (χ0v) is 21.7. The molecular formula is C27H36O11. The normalized spacial score (nSPS) is 43.1. The highest BCUT2D eigenvalue weighted by Crippen LogP contribution is 2.66. The van der Waals surface area contributed by atoms with E-state index in [1.54, 1.807) is 6.07 Å². The number of fused-ring (bicyclic) bond motifs is 4. The summed E-state index contributed by atoms with van der Waals surface area (Å²) < 4.78 is 28.2. The Labute approximate surface area is 220 Å². The third-order valence-electron chi connectivity index (χ3n) is 9.45. The highest BCUT2D eigenvalue weighted by Gasteiger charge is 2.67. The van der Waals surface area contributed by atoms with Gasteiger partial charge in [-0.15, -0.1) is 0 Å². The van der Waals surface area contributed by atoms with Crippen LogP contribution in [0.2, 0.25) is 0 Å². The van der Waals surface area contributed by atoms with E-state index in [0.717, 1.165) is 6.42 Å². The van der Waals surface area contributed by atoms with Gasteiger partial charge in [0.1, 0.15) is 30.5 Å². The Hall–Kier alpha value is -2.28. The average Bonchev–Trinajstić information content (AvgIpc) is 3.57. The number of esters is 2. The van der Waals surface area contributed by atoms with E-state index < -0.39 is 72.2 Å². The van der Waals surface area contributed by atoms with Crippen LogP contribution in [0.1, 0.15) is 51.2 Å². The average molecular weight is 537 g/mol. The van der Waals surface area contributed by atoms with Crippen molar-refractivity contribution in [2.24, 2.45) is 22.7 Å². The highest BCUT2D eigenvalue weighted by molar-refractivity contribution is 5.91. The summed E-state index contributed by atoms with van der Waals surface area (Å²) in [7, 11) is 1.34. The largest absolute Gasteiger partial charge is 0.472 e. The van der Waals surface area contributed by atoms with E-state index in [1.165, 1.54) is 19.6 Å². The van der Waals surface area contributed by atoms with Crippen LogP contribution in [0.15, 0.2) is 34.7 Å². The van der Waals surface area contributed by atoms with Gasteiger partial charge in [-0.2, -0.15) is 0 Å². The van der Waals surface area contributed by atoms with Crippen LogP contribution in [0.5, 0.6) is 0 Å². The molecule has 4 aliphatic rings. The summed E-state index contributed by atoms with van der Waals surface area (Å²) >= 11 is 0. The number of furan rings is 1. The quantitative estimate of drug-likeness (QED) is 0.367. The summed E-state index contributed by atoms with van der Waals surface area (Å²) in [6.45, 7) is 3.38. The van der Waals surface area contributed by atoms with Crippen LogP contribution < -0.4 is 0 Å². The van der Waals surface area contributed by atoms with Crippen molar-refractivity contribution in [3.8, 4) is 0 Å². The number of allylic oxidation sites excluding steroid dienone is 1. The first-order valence-corrected chi connectivity index (χ1v) is 13.0. The third-order valence-corrected chi connectivity index (χ3v) is 9.45. The molecule has 3 fully saturated rings. The molecule has 1 aromatic rings. The fraction of sp³-hybridized carbons (Fsp3) is 0.704. The lowest BCUT2D eigenvalue weighted by Crippen LogP contribution is -2.59. The monoisotopic (exact) mass is 536 g/mol. The molecule has 11 atom stereocenters. The Morgan fingerprint density at radius 2 is 1.97 bits per heavy atom. The summed E-state index contributed by atoms with van der Waals surface area (Å²) in [5.41, 5.74) is -0.344. The summed E-state index contributed by atoms with van der Waals surface area (Å²) in [5.74, 6) is -1.35. The maximum Gasteiger partial charge on any atom is 0.334 e. The van der Waals surface area contributed by atoms with Gasteiger partial charge < -0.3 is 43.8 Å². The van der Waals surface area contributed by atoms with E-state index in [2.05, 4.69) is 0 Å². The molecule has 5 rings (SSSR count). The second-order valence-corrected chi connectivity index (χ2v) is 11.3. The topological polar surface area (TPSA) is 165 Å². The summed E-state index contributed by atoms with van der Waals surface area (Å²) in [5, 5.41) is 40.7. The van der Waals surface area contributed by atoms with Gasteiger partial charge in [0.2, 0.25) is 0 Å². The van der Waals surface area contributed by atoms with Crippen molar-refractivity contribution in [1.29, 1.82) is 0 Å². The molecule has 2 aliphatic carbocycles. The maximum atomic E-state index is 13.2. The second kappa shape index (κ2) is 10.0. The molecule has 4 N–H and O–H groups in total. The van der Waals surface area contributed by atoms with Gasteiger partial charge >= 0.3 is 11.9 Å². The van der Waals surface area contributed by atoms with Crippen LogP contribution in [-0.4, -0.2) is 82.9 Å². The molecule has 1 saturated carbocycles. The number of hydrogen-bond donors (Lipinski definition) is 4. The lowest BCUT2D eigenvalue weighted by Gasteiger charge is -2.56. The molecule has 1 aromatic heterocycles. The van der Waals surface area contributed by atoms with Gasteiger partial charge in [-0.25, -0.2) is 4.79 Å². The molecule has 11 unspecified atom stereocenters. The lowest BCUT2D eigenvalue weighted by molar-refractivity contribution is -0.315. The van der Waals surface area contributed by atoms with Crippen molar-refractivity contribution in [2.45, 2.75) is 82.4 Å². The van der Waals surface area contributed by atoms with E-state index in [0.29, 0.717) is 24.0 Å². The fourth-order valence-electron chi connectivity index (χ4n) is 7.39. The van der Waals surface area contributed by atoms with Gasteiger partial charge in [-0.3, -0.25) is 4.79 Å². The zero-order valence-electron chi connectivity index (χ0n) is 21.7. The predicted molar refractivity (Wildman–Crippen MR) is 128 cm³/mol. The first-order chi connectivity index (χ1) is 18.1. The standard InChI is InChI=1S/C27H36O11/c1-26(15-9-19(38-24(15)33)27(2)14(23(32)34-3)5-4-6-18(26)27)10-16(13-7-8-35-12-13)36-25-22(31)21(30)20(29)17(11-28)37-25/h5,7-8,12,15-22,25,28-31H,4,6,9-11H2,1-3H3. The van der Waals surface area contributed by atoms with Crippen molar-refractivity contribution in [2.75, 3.05) is 13.7 Å². The SMILES string of the molecule is COC(=O)C1=CCCC2C(C)(CC(OC3OC(CO)C(O)C(O)C3O)c3ccoc3)C3CC(OC3=O)C12C. The molecule has 11 nitrogen and oxygen atoms in total. The fourth-order valence-corrected chi connectivity index (χ4v) is 7.39. The van der Waals surface area contributed by atoms with Gasteiger partial charge in [0.05, 0.1) is 38.3 Å². The van der Waals surface area contributed by atoms with Crippen molar-refractivity contribution in [3.63, 3.8) is 0 Å². The van der Waals surface area contributed by atoms with Gasteiger partial charge in [0.15, 0.2) is 6.29 Å². The molecular weight excluding hydrogens is 500 g/mol. The smallest absolute Gasteiger partial charge is 0.334 e. The molecule has 2 bridgehead atoms. The molecule has 0 spiro atoms. The predicted octanol–water partition coefficient (Wildman–Crippen LogP) is 0.995. The Morgan fingerprint density at radius 1 is 1.21 bits per heavy atom. The summed E-state index contributed by atoms with van der Waals surface area (Å²) in [4.78, 5) is 26.0. The molecule has 0 aromatic carbocycles. The highest BCUT2D eigenvalue weighted by atomic mass is 16.7. The number of rotatable bonds is 7. The number of aliphatic hydroxyl groups excluding tert-OH is 4. The number of aliphatic hydroxyl groups is 4. The second-order valence-electron chi connectivity index (χ2n) is 11.3. The van der Waals surface area contributed by atoms with Gasteiger partial charge in [-0.05, 0) is 43.1 Å². The summed E-state index contributed by atoms with van der Waals surface area (Å²) in [6.07, 6.45) is -1.49. The molecule has 2 aliphatic heterocycles. The van der Waals surface area contributed by atoms with E-state index in [4.69, 9.17) is 23.4 Å². The van der Waals surface area contributed by atoms with Crippen LogP contribution in [0.4, 0.5) is 0 Å². The molecule has 3 heterocycles. The van der Waals surface area contributed by atoms with E-state index in [9.17, 15) is 30.0 Å². The van der Waals surface area contributed by atoms with Crippen molar-refractivity contribution >= 4 is 11.9 Å². The zero-order chi connectivity index (χ0) is 27.4. The molecule has 2 saturated heterocycles. The Morgan fingerprint density at radius 3 is 2.63 bits per heavy atom. The molecule has 0 radical (unpaired) electrons. The van der Waals surface area contributed by atoms with Crippen molar-refractivity contribution in [3.05, 3.63) is 35.8 Å². The van der Waals surface area contributed by atoms with Crippen LogP contribution in [0, 0.1) is 22.7 Å². The number of carbonyl (C=O) groups is 2. The minimum Gasteiger partial charge on any atom is -0.472 e. The minimum absolute atomic E-state index is 0.142. The Kier molecular flexibility index (Phi) is 7.21. The molecule has 0 amide bonds. The van der Waals surface area contributed by atoms with Crippen molar-refractivity contribution < 1.29 is 53.4 Å². The van der Waals surface area contributed by atoms with Crippen LogP contribution in [0.3, 0.4) is 0 Å². The van der Waals surface area contributed by atoms with Gasteiger partial charge in [0, 0.05) is 16.6 Å². The number of methoxy groups -OCH3 is 1. The molecule has 38 heavy (non-hydrogen) atoms. The van der Waals surface area contributed by atoms with E-state index >= 15 is 0 Å². The molecule has 11 heteroatoms. The van der Waals surface area contributed by atoms with E-state index in [1.807, 2.05) is 19.9 Å². The van der Waals surface area contributed by atoms with Crippen molar-refractivity contribution in [1.82, 2.24) is 0 Å². The molecule has 210 valence electrons. The first-order valence-electron chi connectivity index (χ1n) is 13.0. The van der Waals surface area contributed by atoms with E-state index in [-0.39, 0.29) is 18.3 Å². The summed E-state index contributed by atoms with van der Waals surface area (Å²) in [6, 6.07) is 1.70. The Balaban J connectivity index is 1.50. The lowest BCUT2D eigenvalue weighted by atomic mass is 9.46. The number of carbonyl (C=O) groups excluding carboxylic acids is 2. The number of ether oxygens (including phenoxy) is 4. The first kappa shape index (κ1) is 27.3.